The van der Waals surface area contributed by atoms with Crippen molar-refractivity contribution in [2.75, 3.05) is 11.1 Å². The Morgan fingerprint density at radius 1 is 1.20 bits per heavy atom. The van der Waals surface area contributed by atoms with E-state index in [4.69, 9.17) is 11.6 Å². The third kappa shape index (κ3) is 3.91. The molecule has 0 bridgehead atoms. The van der Waals surface area contributed by atoms with Crippen LogP contribution in [-0.4, -0.2) is 31.4 Å². The third-order valence-corrected chi connectivity index (χ3v) is 5.36. The number of para-hydroxylation sites is 1. The van der Waals surface area contributed by atoms with Crippen molar-refractivity contribution in [3.05, 3.63) is 75.7 Å². The Balaban J connectivity index is 1.67. The number of benzene rings is 2. The topological polar surface area (TPSA) is 92.7 Å². The maximum atomic E-state index is 13.8. The van der Waals surface area contributed by atoms with Crippen molar-refractivity contribution in [3.8, 4) is 5.69 Å². The zero-order valence-corrected chi connectivity index (χ0v) is 16.6. The molecule has 0 unspecified atom stereocenters. The standard InChI is InChI=1S/C19H12ClF2N5O2S/c20-12-3-1-2-4-15(12)24-16(28)9-30-19-25-17-11(8-23-26-17)18(29)27(19)10-5-6-13(21)14(22)7-10/h1-8H,9H2,(H,23,26)(H,24,28). The first-order valence-electron chi connectivity index (χ1n) is 8.53. The van der Waals surface area contributed by atoms with Crippen LogP contribution in [0.1, 0.15) is 0 Å². The van der Waals surface area contributed by atoms with Crippen LogP contribution in [0.4, 0.5) is 14.5 Å². The van der Waals surface area contributed by atoms with Gasteiger partial charge in [0.1, 0.15) is 5.39 Å². The number of nitrogens with one attached hydrogen (secondary N) is 2. The molecule has 0 aliphatic carbocycles. The van der Waals surface area contributed by atoms with Crippen molar-refractivity contribution in [2.45, 2.75) is 5.16 Å². The second-order valence-corrected chi connectivity index (χ2v) is 7.43. The Labute approximate surface area is 177 Å². The molecule has 4 rings (SSSR count). The number of aromatic nitrogens is 4. The number of carbonyl (C=O) groups is 1. The van der Waals surface area contributed by atoms with Gasteiger partial charge < -0.3 is 5.32 Å². The molecule has 2 N–H and O–H groups in total. The van der Waals surface area contributed by atoms with Gasteiger partial charge in [0.2, 0.25) is 5.91 Å². The molecule has 1 amide bonds. The fourth-order valence-electron chi connectivity index (χ4n) is 2.70. The molecule has 2 aromatic heterocycles. The van der Waals surface area contributed by atoms with Crippen molar-refractivity contribution in [2.24, 2.45) is 0 Å². The minimum atomic E-state index is -1.11. The molecule has 7 nitrogen and oxygen atoms in total. The summed E-state index contributed by atoms with van der Waals surface area (Å²) < 4.78 is 28.2. The van der Waals surface area contributed by atoms with Gasteiger partial charge in [-0.3, -0.25) is 19.3 Å². The van der Waals surface area contributed by atoms with Crippen molar-refractivity contribution in [3.63, 3.8) is 0 Å². The number of nitrogens with zero attached hydrogens (tertiary/aromatic N) is 3. The predicted molar refractivity (Wildman–Crippen MR) is 110 cm³/mol. The first-order chi connectivity index (χ1) is 14.4. The van der Waals surface area contributed by atoms with E-state index in [2.05, 4.69) is 20.5 Å². The number of halogens is 3. The van der Waals surface area contributed by atoms with Crippen molar-refractivity contribution < 1.29 is 13.6 Å². The number of thioether (sulfide) groups is 1. The first-order valence-corrected chi connectivity index (χ1v) is 9.89. The molecule has 2 aromatic carbocycles. The summed E-state index contributed by atoms with van der Waals surface area (Å²) in [5, 5.41) is 9.71. The number of aromatic amines is 1. The maximum Gasteiger partial charge on any atom is 0.269 e. The van der Waals surface area contributed by atoms with E-state index in [1.807, 2.05) is 0 Å². The number of fused-ring (bicyclic) bond motifs is 1. The summed E-state index contributed by atoms with van der Waals surface area (Å²) in [7, 11) is 0. The van der Waals surface area contributed by atoms with Gasteiger partial charge in [0, 0.05) is 6.07 Å². The van der Waals surface area contributed by atoms with Crippen LogP contribution < -0.4 is 10.9 Å². The molecule has 0 fully saturated rings. The Morgan fingerprint density at radius 2 is 2.00 bits per heavy atom. The molecule has 0 saturated carbocycles. The molecule has 2 heterocycles. The van der Waals surface area contributed by atoms with E-state index in [-0.39, 0.29) is 33.5 Å². The van der Waals surface area contributed by atoms with E-state index in [1.54, 1.807) is 24.3 Å². The molecular formula is C19H12ClF2N5O2S. The van der Waals surface area contributed by atoms with Crippen LogP contribution in [0.15, 0.2) is 58.6 Å². The predicted octanol–water partition coefficient (Wildman–Crippen LogP) is 3.77. The summed E-state index contributed by atoms with van der Waals surface area (Å²) in [4.78, 5) is 29.6. The van der Waals surface area contributed by atoms with Crippen LogP contribution in [0.25, 0.3) is 16.7 Å². The zero-order valence-electron chi connectivity index (χ0n) is 15.0. The van der Waals surface area contributed by atoms with Gasteiger partial charge in [-0.15, -0.1) is 0 Å². The average molecular weight is 448 g/mol. The number of hydrogen-bond acceptors (Lipinski definition) is 5. The average Bonchev–Trinajstić information content (AvgIpc) is 3.19. The molecule has 0 saturated heterocycles. The van der Waals surface area contributed by atoms with Crippen LogP contribution in [0.2, 0.25) is 5.02 Å². The van der Waals surface area contributed by atoms with Crippen LogP contribution in [0, 0.1) is 11.6 Å². The van der Waals surface area contributed by atoms with Crippen LogP contribution >= 0.6 is 23.4 Å². The van der Waals surface area contributed by atoms with Gasteiger partial charge in [-0.1, -0.05) is 35.5 Å². The SMILES string of the molecule is O=C(CSc1nc2[nH]ncc2c(=O)n1-c1ccc(F)c(F)c1)Nc1ccccc1Cl. The zero-order chi connectivity index (χ0) is 21.3. The van der Waals surface area contributed by atoms with Gasteiger partial charge >= 0.3 is 0 Å². The molecular weight excluding hydrogens is 436 g/mol. The van der Waals surface area contributed by atoms with Crippen molar-refractivity contribution in [1.29, 1.82) is 0 Å². The first kappa shape index (κ1) is 20.0. The fourth-order valence-corrected chi connectivity index (χ4v) is 3.69. The number of H-pyrrole nitrogens is 1. The molecule has 0 atom stereocenters. The molecule has 152 valence electrons. The summed E-state index contributed by atoms with van der Waals surface area (Å²) in [6.45, 7) is 0. The molecule has 0 aliphatic heterocycles. The summed E-state index contributed by atoms with van der Waals surface area (Å²) in [6, 6.07) is 9.80. The van der Waals surface area contributed by atoms with Crippen molar-refractivity contribution >= 4 is 46.0 Å². The van der Waals surface area contributed by atoms with Crippen LogP contribution in [0.5, 0.6) is 0 Å². The van der Waals surface area contributed by atoms with Gasteiger partial charge in [0.15, 0.2) is 22.4 Å². The highest BCUT2D eigenvalue weighted by Gasteiger charge is 2.17. The summed E-state index contributed by atoms with van der Waals surface area (Å²) in [5.74, 6) is -2.65. The largest absolute Gasteiger partial charge is 0.324 e. The summed E-state index contributed by atoms with van der Waals surface area (Å²) >= 11 is 6.99. The minimum Gasteiger partial charge on any atom is -0.324 e. The van der Waals surface area contributed by atoms with Gasteiger partial charge in [-0.25, -0.2) is 13.8 Å². The number of amides is 1. The fraction of sp³-hybridized carbons (Fsp3) is 0.0526. The van der Waals surface area contributed by atoms with E-state index in [0.717, 1.165) is 28.5 Å². The summed E-state index contributed by atoms with van der Waals surface area (Å²) in [6.07, 6.45) is 1.29. The number of anilines is 1. The van der Waals surface area contributed by atoms with E-state index >= 15 is 0 Å². The van der Waals surface area contributed by atoms with E-state index in [0.29, 0.717) is 10.7 Å². The number of rotatable bonds is 5. The highest BCUT2D eigenvalue weighted by atomic mass is 35.5. The monoisotopic (exact) mass is 447 g/mol. The maximum absolute atomic E-state index is 13.8. The lowest BCUT2D eigenvalue weighted by Crippen LogP contribution is -2.22. The molecule has 4 aromatic rings. The molecule has 0 radical (unpaired) electrons. The third-order valence-electron chi connectivity index (χ3n) is 4.09. The summed E-state index contributed by atoms with van der Waals surface area (Å²) in [5.41, 5.74) is 0.199. The van der Waals surface area contributed by atoms with Crippen molar-refractivity contribution in [1.82, 2.24) is 19.7 Å². The molecule has 0 aliphatic rings. The lowest BCUT2D eigenvalue weighted by Gasteiger charge is -2.12. The van der Waals surface area contributed by atoms with Gasteiger partial charge in [0.25, 0.3) is 5.56 Å². The van der Waals surface area contributed by atoms with Crippen LogP contribution in [-0.2, 0) is 4.79 Å². The van der Waals surface area contributed by atoms with Gasteiger partial charge in [-0.2, -0.15) is 5.10 Å². The lowest BCUT2D eigenvalue weighted by atomic mass is 10.3. The van der Waals surface area contributed by atoms with Gasteiger partial charge in [-0.05, 0) is 24.3 Å². The highest BCUT2D eigenvalue weighted by molar-refractivity contribution is 7.99. The minimum absolute atomic E-state index is 0.0727. The molecule has 0 spiro atoms. The smallest absolute Gasteiger partial charge is 0.269 e. The molecule has 11 heteroatoms. The van der Waals surface area contributed by atoms with Gasteiger partial charge in [0.05, 0.1) is 28.3 Å². The lowest BCUT2D eigenvalue weighted by molar-refractivity contribution is -0.113. The quantitative estimate of drug-likeness (QED) is 0.359. The Morgan fingerprint density at radius 3 is 2.77 bits per heavy atom. The van der Waals surface area contributed by atoms with E-state index in [9.17, 15) is 18.4 Å². The van der Waals surface area contributed by atoms with E-state index < -0.39 is 17.2 Å². The van der Waals surface area contributed by atoms with E-state index in [1.165, 1.54) is 12.3 Å². The Bertz CT molecular complexity index is 1320. The number of carbonyl (C=O) groups excluding carboxylic acids is 1. The Kier molecular flexibility index (Phi) is 5.51. The van der Waals surface area contributed by atoms with Crippen LogP contribution in [0.3, 0.4) is 0 Å². The second kappa shape index (κ2) is 8.25. The Hall–Kier alpha value is -3.24. The number of hydrogen-bond donors (Lipinski definition) is 2. The second-order valence-electron chi connectivity index (χ2n) is 6.08. The highest BCUT2D eigenvalue weighted by Crippen LogP contribution is 2.24. The molecule has 30 heavy (non-hydrogen) atoms. The normalized spacial score (nSPS) is 11.0.